The van der Waals surface area contributed by atoms with E-state index in [0.29, 0.717) is 36.0 Å². The number of carbonyl (C=O) groups is 2. The molecule has 1 saturated heterocycles. The summed E-state index contributed by atoms with van der Waals surface area (Å²) in [7, 11) is 0. The Morgan fingerprint density at radius 2 is 2.07 bits per heavy atom. The van der Waals surface area contributed by atoms with Gasteiger partial charge in [-0.1, -0.05) is 29.3 Å². The monoisotopic (exact) mass is 500 g/mol. The fourth-order valence-corrected chi connectivity index (χ4v) is 3.85. The average Bonchev–Trinajstić information content (AvgIpc) is 2.96. The summed E-state index contributed by atoms with van der Waals surface area (Å²) in [5.74, 6) is -0.959. The number of aliphatic carboxylic acids is 1. The first kappa shape index (κ1) is 20.7. The highest BCUT2D eigenvalue weighted by molar-refractivity contribution is 9.10. The van der Waals surface area contributed by atoms with E-state index >= 15 is 0 Å². The number of rotatable bonds is 5. The number of hydrogen-bond donors (Lipinski definition) is 2. The average molecular weight is 502 g/mol. The third kappa shape index (κ3) is 5.29. The molecular weight excluding hydrogens is 491 g/mol. The molecule has 0 aliphatic carbocycles. The normalized spacial score (nSPS) is 16.5. The molecular formula is C18H11BrCl2N2O4S. The number of nitrogens with one attached hydrogen (secondary N) is 1. The summed E-state index contributed by atoms with van der Waals surface area (Å²) in [4.78, 5) is 27.6. The molecule has 1 aliphatic rings. The van der Waals surface area contributed by atoms with Crippen molar-refractivity contribution in [2.45, 2.75) is 0 Å². The van der Waals surface area contributed by atoms with Gasteiger partial charge in [0.15, 0.2) is 11.8 Å². The van der Waals surface area contributed by atoms with Crippen molar-refractivity contribution in [2.75, 3.05) is 6.61 Å². The van der Waals surface area contributed by atoms with Crippen LogP contribution in [0.5, 0.6) is 5.75 Å². The van der Waals surface area contributed by atoms with Crippen LogP contribution in [0.3, 0.4) is 0 Å². The number of aliphatic imine (C=N–C) groups is 1. The van der Waals surface area contributed by atoms with Crippen molar-refractivity contribution in [2.24, 2.45) is 4.99 Å². The number of carboxylic acid groups (broad SMARTS) is 1. The summed E-state index contributed by atoms with van der Waals surface area (Å²) in [6.45, 7) is -0.441. The Bertz CT molecular complexity index is 1030. The second-order valence-electron chi connectivity index (χ2n) is 5.45. The van der Waals surface area contributed by atoms with Gasteiger partial charge in [0.05, 0.1) is 20.1 Å². The van der Waals surface area contributed by atoms with Gasteiger partial charge in [-0.15, -0.1) is 0 Å². The predicted molar refractivity (Wildman–Crippen MR) is 115 cm³/mol. The van der Waals surface area contributed by atoms with Gasteiger partial charge in [0.1, 0.15) is 5.75 Å². The van der Waals surface area contributed by atoms with E-state index < -0.39 is 12.6 Å². The van der Waals surface area contributed by atoms with Crippen LogP contribution in [0.15, 0.2) is 50.8 Å². The zero-order valence-electron chi connectivity index (χ0n) is 13.9. The van der Waals surface area contributed by atoms with E-state index in [1.165, 1.54) is 11.8 Å². The van der Waals surface area contributed by atoms with Gasteiger partial charge >= 0.3 is 5.97 Å². The number of benzene rings is 2. The number of hydrogen-bond acceptors (Lipinski definition) is 5. The molecule has 0 atom stereocenters. The molecule has 2 aromatic carbocycles. The molecule has 0 saturated carbocycles. The summed E-state index contributed by atoms with van der Waals surface area (Å²) < 4.78 is 5.73. The summed E-state index contributed by atoms with van der Waals surface area (Å²) in [5, 5.41) is 12.7. The zero-order chi connectivity index (χ0) is 20.3. The number of amidine groups is 1. The molecule has 144 valence electrons. The number of halogens is 3. The fraction of sp³-hybridized carbons (Fsp3) is 0.0556. The van der Waals surface area contributed by atoms with E-state index in [4.69, 9.17) is 33.0 Å². The lowest BCUT2D eigenvalue weighted by Gasteiger charge is -2.06. The highest BCUT2D eigenvalue weighted by Crippen LogP contribution is 2.33. The minimum atomic E-state index is -1.07. The first-order valence-corrected chi connectivity index (χ1v) is 10.1. The maximum Gasteiger partial charge on any atom is 0.341 e. The number of carboxylic acids is 1. The topological polar surface area (TPSA) is 88.0 Å². The lowest BCUT2D eigenvalue weighted by Crippen LogP contribution is -2.19. The van der Waals surface area contributed by atoms with Crippen LogP contribution in [0.1, 0.15) is 5.56 Å². The van der Waals surface area contributed by atoms with Crippen LogP contribution in [-0.4, -0.2) is 28.8 Å². The van der Waals surface area contributed by atoms with E-state index in [1.54, 1.807) is 42.5 Å². The van der Waals surface area contributed by atoms with Gasteiger partial charge in [-0.2, -0.15) is 0 Å². The molecule has 0 unspecified atom stereocenters. The number of nitrogens with zero attached hydrogens (tertiary/aromatic N) is 1. The van der Waals surface area contributed by atoms with Crippen LogP contribution in [0.25, 0.3) is 6.08 Å². The number of ether oxygens (including phenoxy) is 1. The molecule has 1 amide bonds. The number of thioether (sulfide) groups is 1. The molecule has 0 radical (unpaired) electrons. The molecule has 0 bridgehead atoms. The third-order valence-corrected chi connectivity index (χ3v) is 5.47. The van der Waals surface area contributed by atoms with Crippen LogP contribution in [0, 0.1) is 0 Å². The summed E-state index contributed by atoms with van der Waals surface area (Å²) in [5.41, 5.74) is 1.19. The zero-order valence-corrected chi connectivity index (χ0v) is 17.8. The van der Waals surface area contributed by atoms with Crippen molar-refractivity contribution in [3.8, 4) is 5.75 Å². The molecule has 1 fully saturated rings. The summed E-state index contributed by atoms with van der Waals surface area (Å²) >= 11 is 16.6. The lowest BCUT2D eigenvalue weighted by molar-refractivity contribution is -0.139. The Morgan fingerprint density at radius 3 is 2.79 bits per heavy atom. The van der Waals surface area contributed by atoms with Crippen molar-refractivity contribution in [3.05, 3.63) is 61.4 Å². The molecule has 2 aromatic rings. The maximum absolute atomic E-state index is 12.2. The van der Waals surface area contributed by atoms with E-state index in [0.717, 1.165) is 5.56 Å². The minimum Gasteiger partial charge on any atom is -0.481 e. The summed E-state index contributed by atoms with van der Waals surface area (Å²) in [6, 6.07) is 9.96. The first-order valence-electron chi connectivity index (χ1n) is 7.70. The Morgan fingerprint density at radius 1 is 1.29 bits per heavy atom. The van der Waals surface area contributed by atoms with Crippen LogP contribution < -0.4 is 10.1 Å². The molecule has 10 heteroatoms. The quantitative estimate of drug-likeness (QED) is 0.555. The van der Waals surface area contributed by atoms with E-state index in [-0.39, 0.29) is 5.91 Å². The van der Waals surface area contributed by atoms with Gasteiger partial charge in [0.25, 0.3) is 5.91 Å². The molecule has 6 nitrogen and oxygen atoms in total. The molecule has 0 aromatic heterocycles. The molecule has 0 spiro atoms. The largest absolute Gasteiger partial charge is 0.481 e. The van der Waals surface area contributed by atoms with Gasteiger partial charge in [-0.25, -0.2) is 9.79 Å². The van der Waals surface area contributed by atoms with Gasteiger partial charge in [-0.3, -0.25) is 4.79 Å². The second-order valence-corrected chi connectivity index (χ2v) is 8.18. The number of carbonyl (C=O) groups excluding carboxylic acids is 1. The van der Waals surface area contributed by atoms with Crippen molar-refractivity contribution in [1.29, 1.82) is 0 Å². The predicted octanol–water partition coefficient (Wildman–Crippen LogP) is 5.11. The van der Waals surface area contributed by atoms with E-state index in [1.807, 2.05) is 0 Å². The Balaban J connectivity index is 1.79. The summed E-state index contributed by atoms with van der Waals surface area (Å²) in [6.07, 6.45) is 1.69. The van der Waals surface area contributed by atoms with Crippen LogP contribution in [-0.2, 0) is 9.59 Å². The van der Waals surface area contributed by atoms with Crippen LogP contribution in [0.4, 0.5) is 5.69 Å². The molecule has 3 rings (SSSR count). The SMILES string of the molecule is O=C(O)COc1ccc(/C=C2/SC(=Nc3cc(Cl)ccc3Cl)NC2=O)cc1Br. The second kappa shape index (κ2) is 9.00. The standard InChI is InChI=1S/C18H11BrCl2N2O4S/c19-11-5-9(1-4-14(11)27-8-16(24)25)6-15-17(26)23-18(28-15)22-13-7-10(20)2-3-12(13)21/h1-7H,8H2,(H,24,25)(H,22,23,26)/b15-6+. The Kier molecular flexibility index (Phi) is 6.66. The number of amides is 1. The molecule has 2 N–H and O–H groups in total. The van der Waals surface area contributed by atoms with Gasteiger partial charge < -0.3 is 15.2 Å². The molecule has 1 aliphatic heterocycles. The van der Waals surface area contributed by atoms with Crippen molar-refractivity contribution < 1.29 is 19.4 Å². The van der Waals surface area contributed by atoms with Crippen molar-refractivity contribution >= 4 is 79.7 Å². The highest BCUT2D eigenvalue weighted by Gasteiger charge is 2.24. The molecule has 1 heterocycles. The first-order chi connectivity index (χ1) is 13.3. The van der Waals surface area contributed by atoms with Gasteiger partial charge in [0.2, 0.25) is 0 Å². The lowest BCUT2D eigenvalue weighted by atomic mass is 10.2. The van der Waals surface area contributed by atoms with Crippen LogP contribution >= 0.6 is 50.9 Å². The smallest absolute Gasteiger partial charge is 0.341 e. The van der Waals surface area contributed by atoms with Gasteiger partial charge in [0, 0.05) is 5.02 Å². The van der Waals surface area contributed by atoms with E-state index in [2.05, 4.69) is 26.2 Å². The highest BCUT2D eigenvalue weighted by atomic mass is 79.9. The van der Waals surface area contributed by atoms with Gasteiger partial charge in [-0.05, 0) is 69.7 Å². The Labute approximate surface area is 182 Å². The molecule has 28 heavy (non-hydrogen) atoms. The fourth-order valence-electron chi connectivity index (χ4n) is 2.18. The van der Waals surface area contributed by atoms with E-state index in [9.17, 15) is 9.59 Å². The van der Waals surface area contributed by atoms with Crippen molar-refractivity contribution in [3.63, 3.8) is 0 Å². The maximum atomic E-state index is 12.2. The third-order valence-electron chi connectivity index (χ3n) is 3.39. The Hall–Kier alpha value is -2.00. The van der Waals surface area contributed by atoms with Crippen molar-refractivity contribution in [1.82, 2.24) is 5.32 Å². The van der Waals surface area contributed by atoms with Crippen LogP contribution in [0.2, 0.25) is 10.0 Å². The minimum absolute atomic E-state index is 0.288.